The van der Waals surface area contributed by atoms with Crippen LogP contribution in [0.25, 0.3) is 0 Å². The molecule has 1 aromatic rings. The summed E-state index contributed by atoms with van der Waals surface area (Å²) in [6.07, 6.45) is -0.566. The van der Waals surface area contributed by atoms with Gasteiger partial charge in [-0.3, -0.25) is 0 Å². The molecule has 1 aliphatic rings. The van der Waals surface area contributed by atoms with Crippen molar-refractivity contribution < 1.29 is 31.1 Å². The number of carbonyl (C=O) groups excluding carboxylic acids is 1. The Hall–Kier alpha value is -1.81. The molecule has 128 valence electrons. The zero-order chi connectivity index (χ0) is 17.2. The molecule has 1 saturated heterocycles. The Kier molecular flexibility index (Phi) is 5.15. The summed E-state index contributed by atoms with van der Waals surface area (Å²) in [7, 11) is -4.32. The normalized spacial score (nSPS) is 16.4. The van der Waals surface area contributed by atoms with E-state index in [1.807, 2.05) is 0 Å². The highest BCUT2D eigenvalue weighted by Crippen LogP contribution is 2.24. The lowest BCUT2D eigenvalue weighted by molar-refractivity contribution is 0.0933. The van der Waals surface area contributed by atoms with Crippen molar-refractivity contribution in [1.82, 2.24) is 9.21 Å². The summed E-state index contributed by atoms with van der Waals surface area (Å²) in [6, 6.07) is 1.24. The van der Waals surface area contributed by atoms with Crippen LogP contribution in [0.5, 0.6) is 0 Å². The third-order valence-electron chi connectivity index (χ3n) is 3.38. The molecule has 10 heteroatoms. The van der Waals surface area contributed by atoms with Crippen LogP contribution in [0, 0.1) is 17.5 Å². The molecule has 0 N–H and O–H groups in total. The zero-order valence-corrected chi connectivity index (χ0v) is 13.1. The van der Waals surface area contributed by atoms with Crippen molar-refractivity contribution in [3.8, 4) is 0 Å². The summed E-state index contributed by atoms with van der Waals surface area (Å²) in [5.41, 5.74) is 0. The van der Waals surface area contributed by atoms with Crippen LogP contribution in [0.1, 0.15) is 6.92 Å². The number of piperazine rings is 1. The summed E-state index contributed by atoms with van der Waals surface area (Å²) in [4.78, 5) is 11.9. The monoisotopic (exact) mass is 352 g/mol. The Bertz CT molecular complexity index is 703. The van der Waals surface area contributed by atoms with Gasteiger partial charge >= 0.3 is 6.09 Å². The highest BCUT2D eigenvalue weighted by atomic mass is 32.2. The topological polar surface area (TPSA) is 66.9 Å². The molecule has 1 amide bonds. The number of hydrogen-bond donors (Lipinski definition) is 0. The number of benzene rings is 1. The highest BCUT2D eigenvalue weighted by Gasteiger charge is 2.33. The molecule has 0 aliphatic carbocycles. The van der Waals surface area contributed by atoms with E-state index in [9.17, 15) is 26.4 Å². The quantitative estimate of drug-likeness (QED) is 0.775. The lowest BCUT2D eigenvalue weighted by Crippen LogP contribution is -2.50. The average molecular weight is 352 g/mol. The lowest BCUT2D eigenvalue weighted by Gasteiger charge is -2.33. The van der Waals surface area contributed by atoms with E-state index in [2.05, 4.69) is 0 Å². The van der Waals surface area contributed by atoms with Crippen LogP contribution in [-0.2, 0) is 14.8 Å². The van der Waals surface area contributed by atoms with Crippen LogP contribution in [0.2, 0.25) is 0 Å². The number of nitrogens with zero attached hydrogens (tertiary/aromatic N) is 2. The standard InChI is InChI=1S/C13H15F3N2O4S/c1-2-22-13(19)17-5-7-18(8-6-17)23(20,21)10-4-3-9(14)11(15)12(10)16/h3-4H,2,5-8H2,1H3. The van der Waals surface area contributed by atoms with Crippen LogP contribution < -0.4 is 0 Å². The molecule has 1 heterocycles. The second-order valence-corrected chi connectivity index (χ2v) is 6.67. The third kappa shape index (κ3) is 3.42. The average Bonchev–Trinajstić information content (AvgIpc) is 2.53. The van der Waals surface area contributed by atoms with Gasteiger partial charge in [0, 0.05) is 26.2 Å². The van der Waals surface area contributed by atoms with Gasteiger partial charge in [-0.15, -0.1) is 0 Å². The van der Waals surface area contributed by atoms with Crippen LogP contribution in [0.15, 0.2) is 17.0 Å². The fraction of sp³-hybridized carbons (Fsp3) is 0.462. The first kappa shape index (κ1) is 17.5. The maximum absolute atomic E-state index is 13.7. The van der Waals surface area contributed by atoms with E-state index in [4.69, 9.17) is 4.74 Å². The molecule has 6 nitrogen and oxygen atoms in total. The lowest BCUT2D eigenvalue weighted by atomic mass is 10.3. The number of ether oxygens (including phenoxy) is 1. The first-order valence-corrected chi connectivity index (χ1v) is 8.28. The van der Waals surface area contributed by atoms with Crippen molar-refractivity contribution in [3.63, 3.8) is 0 Å². The summed E-state index contributed by atoms with van der Waals surface area (Å²) in [5, 5.41) is 0. The molecule has 1 aliphatic heterocycles. The Morgan fingerprint density at radius 3 is 2.30 bits per heavy atom. The van der Waals surface area contributed by atoms with Gasteiger partial charge in [0.05, 0.1) is 6.61 Å². The van der Waals surface area contributed by atoms with E-state index >= 15 is 0 Å². The van der Waals surface area contributed by atoms with Crippen LogP contribution in [0.3, 0.4) is 0 Å². The molecular formula is C13H15F3N2O4S. The Morgan fingerprint density at radius 1 is 1.13 bits per heavy atom. The van der Waals surface area contributed by atoms with Crippen molar-refractivity contribution in [3.05, 3.63) is 29.6 Å². The van der Waals surface area contributed by atoms with Gasteiger partial charge in [0.15, 0.2) is 17.5 Å². The summed E-state index contributed by atoms with van der Waals surface area (Å²) in [5.74, 6) is -5.05. The van der Waals surface area contributed by atoms with Crippen LogP contribution in [0.4, 0.5) is 18.0 Å². The van der Waals surface area contributed by atoms with Gasteiger partial charge in [-0.05, 0) is 19.1 Å². The van der Waals surface area contributed by atoms with Gasteiger partial charge in [-0.1, -0.05) is 0 Å². The second-order valence-electron chi connectivity index (χ2n) is 4.76. The van der Waals surface area contributed by atoms with Gasteiger partial charge in [0.1, 0.15) is 4.90 Å². The number of carbonyl (C=O) groups is 1. The Balaban J connectivity index is 2.17. The number of hydrogen-bond acceptors (Lipinski definition) is 4. The molecule has 0 aromatic heterocycles. The molecule has 23 heavy (non-hydrogen) atoms. The van der Waals surface area contributed by atoms with Crippen LogP contribution >= 0.6 is 0 Å². The van der Waals surface area contributed by atoms with Crippen molar-refractivity contribution in [2.45, 2.75) is 11.8 Å². The highest BCUT2D eigenvalue weighted by molar-refractivity contribution is 7.89. The van der Waals surface area contributed by atoms with Gasteiger partial charge in [-0.25, -0.2) is 26.4 Å². The number of rotatable bonds is 3. The maximum atomic E-state index is 13.7. The smallest absolute Gasteiger partial charge is 0.409 e. The van der Waals surface area contributed by atoms with E-state index in [0.29, 0.717) is 12.1 Å². The van der Waals surface area contributed by atoms with Gasteiger partial charge in [0.2, 0.25) is 10.0 Å². The number of amides is 1. The Labute approximate surface area is 131 Å². The van der Waals surface area contributed by atoms with E-state index < -0.39 is 38.5 Å². The zero-order valence-electron chi connectivity index (χ0n) is 12.3. The van der Waals surface area contributed by atoms with Crippen molar-refractivity contribution in [1.29, 1.82) is 0 Å². The molecule has 1 fully saturated rings. The van der Waals surface area contributed by atoms with Gasteiger partial charge in [-0.2, -0.15) is 4.31 Å². The van der Waals surface area contributed by atoms with Crippen LogP contribution in [-0.4, -0.2) is 56.5 Å². The number of sulfonamides is 1. The minimum Gasteiger partial charge on any atom is -0.450 e. The predicted octanol–water partition coefficient (Wildman–Crippen LogP) is 1.57. The van der Waals surface area contributed by atoms with E-state index in [1.54, 1.807) is 6.92 Å². The van der Waals surface area contributed by atoms with Crippen molar-refractivity contribution >= 4 is 16.1 Å². The molecule has 0 atom stereocenters. The molecule has 0 unspecified atom stereocenters. The maximum Gasteiger partial charge on any atom is 0.409 e. The molecular weight excluding hydrogens is 337 g/mol. The SMILES string of the molecule is CCOC(=O)N1CCN(S(=O)(=O)c2ccc(F)c(F)c2F)CC1. The van der Waals surface area contributed by atoms with E-state index in [1.165, 1.54) is 4.90 Å². The second kappa shape index (κ2) is 6.75. The molecule has 0 radical (unpaired) electrons. The minimum atomic E-state index is -4.32. The molecule has 1 aromatic carbocycles. The summed E-state index contributed by atoms with van der Waals surface area (Å²) >= 11 is 0. The van der Waals surface area contributed by atoms with Crippen molar-refractivity contribution in [2.24, 2.45) is 0 Å². The molecule has 0 spiro atoms. The third-order valence-corrected chi connectivity index (χ3v) is 5.30. The van der Waals surface area contributed by atoms with Gasteiger partial charge in [0.25, 0.3) is 0 Å². The fourth-order valence-electron chi connectivity index (χ4n) is 2.17. The summed E-state index contributed by atoms with van der Waals surface area (Å²) < 4.78 is 70.3. The first-order chi connectivity index (χ1) is 10.8. The molecule has 0 bridgehead atoms. The van der Waals surface area contributed by atoms with Gasteiger partial charge < -0.3 is 9.64 Å². The first-order valence-electron chi connectivity index (χ1n) is 6.84. The van der Waals surface area contributed by atoms with E-state index in [-0.39, 0.29) is 32.8 Å². The predicted molar refractivity (Wildman–Crippen MR) is 73.7 cm³/mol. The number of halogens is 3. The summed E-state index contributed by atoms with van der Waals surface area (Å²) in [6.45, 7) is 1.76. The van der Waals surface area contributed by atoms with Crippen molar-refractivity contribution in [2.75, 3.05) is 32.8 Å². The fourth-order valence-corrected chi connectivity index (χ4v) is 3.65. The minimum absolute atomic E-state index is 0.0589. The Morgan fingerprint density at radius 2 is 1.74 bits per heavy atom. The molecule has 2 rings (SSSR count). The van der Waals surface area contributed by atoms with E-state index in [0.717, 1.165) is 4.31 Å². The largest absolute Gasteiger partial charge is 0.450 e. The molecule has 0 saturated carbocycles.